The summed E-state index contributed by atoms with van der Waals surface area (Å²) in [5, 5.41) is 13.7. The van der Waals surface area contributed by atoms with Crippen molar-refractivity contribution in [2.45, 2.75) is 12.8 Å². The van der Waals surface area contributed by atoms with Gasteiger partial charge in [-0.2, -0.15) is 5.26 Å². The van der Waals surface area contributed by atoms with Gasteiger partial charge in [-0.25, -0.2) is 9.97 Å². The summed E-state index contributed by atoms with van der Waals surface area (Å²) >= 11 is 0. The highest BCUT2D eigenvalue weighted by Crippen LogP contribution is 2.27. The highest BCUT2D eigenvalue weighted by Gasteiger charge is 2.31. The first-order chi connectivity index (χ1) is 12.8. The van der Waals surface area contributed by atoms with Crippen LogP contribution in [-0.4, -0.2) is 60.0 Å². The first-order valence-electron chi connectivity index (χ1n) is 9.16. The third-order valence-corrected chi connectivity index (χ3v) is 5.19. The molecular formula is C19H22N6O. The third kappa shape index (κ3) is 3.20. The Bertz CT molecular complexity index is 855. The van der Waals surface area contributed by atoms with E-state index in [-0.39, 0.29) is 11.8 Å². The van der Waals surface area contributed by atoms with E-state index >= 15 is 0 Å². The highest BCUT2D eigenvalue weighted by molar-refractivity contribution is 5.82. The van der Waals surface area contributed by atoms with Gasteiger partial charge in [0.2, 0.25) is 5.91 Å². The fourth-order valence-corrected chi connectivity index (χ4v) is 3.83. The molecule has 7 heteroatoms. The van der Waals surface area contributed by atoms with Gasteiger partial charge >= 0.3 is 0 Å². The zero-order valence-corrected chi connectivity index (χ0v) is 14.7. The molecule has 1 N–H and O–H groups in total. The Hall–Kier alpha value is -2.72. The average Bonchev–Trinajstić information content (AvgIpc) is 2.73. The number of nitrogens with zero attached hydrogens (tertiary/aromatic N) is 5. The number of anilines is 1. The molecule has 2 fully saturated rings. The summed E-state index contributed by atoms with van der Waals surface area (Å²) in [7, 11) is 0. The second-order valence-electron chi connectivity index (χ2n) is 6.88. The van der Waals surface area contributed by atoms with E-state index in [1.54, 1.807) is 6.20 Å². The molecule has 0 spiro atoms. The van der Waals surface area contributed by atoms with Gasteiger partial charge in [0.05, 0.1) is 11.5 Å². The average molecular weight is 350 g/mol. The molecule has 0 radical (unpaired) electrons. The quantitative estimate of drug-likeness (QED) is 0.875. The summed E-state index contributed by atoms with van der Waals surface area (Å²) in [6.07, 6.45) is 3.53. The minimum Gasteiger partial charge on any atom is -0.355 e. The minimum absolute atomic E-state index is 0.0328. The number of carbonyl (C=O) groups is 1. The molecule has 1 amide bonds. The fraction of sp³-hybridized carbons (Fsp3) is 0.474. The number of hydrogen-bond donors (Lipinski definition) is 1. The van der Waals surface area contributed by atoms with Crippen LogP contribution in [0.4, 0.5) is 5.82 Å². The number of hydrogen-bond acceptors (Lipinski definition) is 6. The van der Waals surface area contributed by atoms with Crippen LogP contribution in [0.1, 0.15) is 18.4 Å². The van der Waals surface area contributed by atoms with E-state index in [4.69, 9.17) is 0 Å². The lowest BCUT2D eigenvalue weighted by atomic mass is 9.95. The Balaban J connectivity index is 1.58. The number of rotatable bonds is 2. The molecule has 2 aliphatic heterocycles. The van der Waals surface area contributed by atoms with Crippen molar-refractivity contribution in [3.05, 3.63) is 30.0 Å². The Labute approximate surface area is 152 Å². The smallest absolute Gasteiger partial charge is 0.227 e. The molecule has 4 rings (SSSR count). The lowest BCUT2D eigenvalue weighted by Crippen LogP contribution is -2.51. The summed E-state index contributed by atoms with van der Waals surface area (Å²) < 4.78 is 0. The second-order valence-corrected chi connectivity index (χ2v) is 6.88. The molecule has 2 saturated heterocycles. The Morgan fingerprint density at radius 2 is 2.15 bits per heavy atom. The third-order valence-electron chi connectivity index (χ3n) is 5.19. The molecule has 26 heavy (non-hydrogen) atoms. The van der Waals surface area contributed by atoms with Crippen LogP contribution in [0.2, 0.25) is 0 Å². The van der Waals surface area contributed by atoms with Gasteiger partial charge in [-0.3, -0.25) is 4.79 Å². The van der Waals surface area contributed by atoms with Crippen molar-refractivity contribution in [1.82, 2.24) is 20.2 Å². The summed E-state index contributed by atoms with van der Waals surface area (Å²) in [4.78, 5) is 25.9. The van der Waals surface area contributed by atoms with Gasteiger partial charge in [-0.15, -0.1) is 0 Å². The summed E-state index contributed by atoms with van der Waals surface area (Å²) in [5.41, 5.74) is 1.18. The first kappa shape index (κ1) is 16.7. The standard InChI is InChI=1S/C19H22N6O/c20-12-16-11-14-3-1-5-22-17(14)23-18(16)25-8-2-4-15(13-25)19(26)24-9-6-21-7-10-24/h1,3,5,11,15,21H,2,4,6-10,13H2. The van der Waals surface area contributed by atoms with Gasteiger partial charge < -0.3 is 15.1 Å². The first-order valence-corrected chi connectivity index (χ1v) is 9.16. The maximum Gasteiger partial charge on any atom is 0.227 e. The largest absolute Gasteiger partial charge is 0.355 e. The van der Waals surface area contributed by atoms with Gasteiger partial charge in [0.1, 0.15) is 11.9 Å². The van der Waals surface area contributed by atoms with Crippen LogP contribution in [0, 0.1) is 17.2 Å². The van der Waals surface area contributed by atoms with Crippen molar-refractivity contribution in [3.63, 3.8) is 0 Å². The van der Waals surface area contributed by atoms with E-state index in [2.05, 4.69) is 26.3 Å². The SMILES string of the molecule is N#Cc1cc2cccnc2nc1N1CCCC(C(=O)N2CCNCC2)C1. The molecule has 1 atom stereocenters. The van der Waals surface area contributed by atoms with Crippen molar-refractivity contribution < 1.29 is 4.79 Å². The van der Waals surface area contributed by atoms with Crippen molar-refractivity contribution in [1.29, 1.82) is 5.26 Å². The van der Waals surface area contributed by atoms with Crippen LogP contribution < -0.4 is 10.2 Å². The number of amides is 1. The number of piperazine rings is 1. The Morgan fingerprint density at radius 3 is 2.96 bits per heavy atom. The lowest BCUT2D eigenvalue weighted by Gasteiger charge is -2.37. The number of pyridine rings is 2. The Morgan fingerprint density at radius 1 is 1.31 bits per heavy atom. The minimum atomic E-state index is -0.0328. The molecular weight excluding hydrogens is 328 g/mol. The predicted molar refractivity (Wildman–Crippen MR) is 98.6 cm³/mol. The van der Waals surface area contributed by atoms with Crippen LogP contribution in [0.5, 0.6) is 0 Å². The molecule has 2 aromatic heterocycles. The topological polar surface area (TPSA) is 85.1 Å². The second kappa shape index (κ2) is 7.26. The summed E-state index contributed by atoms with van der Waals surface area (Å²) in [6.45, 7) is 4.69. The fourth-order valence-electron chi connectivity index (χ4n) is 3.83. The zero-order valence-electron chi connectivity index (χ0n) is 14.7. The zero-order chi connectivity index (χ0) is 17.9. The molecule has 134 valence electrons. The summed E-state index contributed by atoms with van der Waals surface area (Å²) in [5.74, 6) is 0.847. The van der Waals surface area contributed by atoms with E-state index < -0.39 is 0 Å². The van der Waals surface area contributed by atoms with Gasteiger partial charge in [-0.05, 0) is 31.0 Å². The van der Waals surface area contributed by atoms with Crippen molar-refractivity contribution in [2.75, 3.05) is 44.2 Å². The molecule has 2 aliphatic rings. The van der Waals surface area contributed by atoms with Crippen molar-refractivity contribution >= 4 is 22.8 Å². The van der Waals surface area contributed by atoms with Gasteiger partial charge in [-0.1, -0.05) is 0 Å². The van der Waals surface area contributed by atoms with Crippen molar-refractivity contribution in [2.24, 2.45) is 5.92 Å². The monoisotopic (exact) mass is 350 g/mol. The summed E-state index contributed by atoms with van der Waals surface area (Å²) in [6, 6.07) is 7.85. The lowest BCUT2D eigenvalue weighted by molar-refractivity contribution is -0.136. The predicted octanol–water partition coefficient (Wildman–Crippen LogP) is 1.15. The van der Waals surface area contributed by atoms with Crippen molar-refractivity contribution in [3.8, 4) is 6.07 Å². The van der Waals surface area contributed by atoms with Gasteiger partial charge in [0.15, 0.2) is 5.65 Å². The Kier molecular flexibility index (Phi) is 4.67. The molecule has 1 unspecified atom stereocenters. The van der Waals surface area contributed by atoms with Crippen LogP contribution in [0.3, 0.4) is 0 Å². The molecule has 0 aromatic carbocycles. The van der Waals surface area contributed by atoms with Gasteiger partial charge in [0.25, 0.3) is 0 Å². The maximum absolute atomic E-state index is 12.9. The molecule has 4 heterocycles. The number of fused-ring (bicyclic) bond motifs is 1. The molecule has 0 bridgehead atoms. The highest BCUT2D eigenvalue weighted by atomic mass is 16.2. The van der Waals surface area contributed by atoms with E-state index in [1.165, 1.54) is 0 Å². The number of carbonyl (C=O) groups excluding carboxylic acids is 1. The normalized spacial score (nSPS) is 20.8. The van der Waals surface area contributed by atoms with E-state index in [0.29, 0.717) is 23.6 Å². The van der Waals surface area contributed by atoms with E-state index in [9.17, 15) is 10.1 Å². The van der Waals surface area contributed by atoms with Gasteiger partial charge in [0, 0.05) is 50.9 Å². The van der Waals surface area contributed by atoms with Crippen LogP contribution in [0.15, 0.2) is 24.4 Å². The molecule has 7 nitrogen and oxygen atoms in total. The van der Waals surface area contributed by atoms with E-state index in [1.807, 2.05) is 23.1 Å². The maximum atomic E-state index is 12.9. The molecule has 0 aliphatic carbocycles. The number of aromatic nitrogens is 2. The number of nitriles is 1. The molecule has 2 aromatic rings. The molecule has 0 saturated carbocycles. The van der Waals surface area contributed by atoms with Crippen LogP contribution in [-0.2, 0) is 4.79 Å². The number of nitrogens with one attached hydrogen (secondary N) is 1. The number of piperidine rings is 1. The van der Waals surface area contributed by atoms with Crippen LogP contribution >= 0.6 is 0 Å². The van der Waals surface area contributed by atoms with Crippen LogP contribution in [0.25, 0.3) is 11.0 Å². The van der Waals surface area contributed by atoms with E-state index in [0.717, 1.165) is 51.0 Å².